The number of halogens is 3. The Kier molecular flexibility index (Phi) is 10.5. The molecule has 2 aliphatic heterocycles. The second-order valence-electron chi connectivity index (χ2n) is 14.0. The molecule has 0 bridgehead atoms. The maximum Gasteiger partial charge on any atom is 0.407 e. The van der Waals surface area contributed by atoms with Crippen molar-refractivity contribution in [2.45, 2.75) is 96.9 Å². The van der Waals surface area contributed by atoms with E-state index in [9.17, 15) is 22.8 Å². The highest BCUT2D eigenvalue weighted by Crippen LogP contribution is 2.36. The smallest absolute Gasteiger partial charge is 0.407 e. The minimum atomic E-state index is -2.72. The molecule has 9 nitrogen and oxygen atoms in total. The van der Waals surface area contributed by atoms with Gasteiger partial charge in [-0.05, 0) is 103 Å². The topological polar surface area (TPSA) is 88.4 Å². The zero-order valence-electron chi connectivity index (χ0n) is 28.1. The first-order valence-electron chi connectivity index (χ1n) is 16.4. The van der Waals surface area contributed by atoms with Crippen LogP contribution in [0.15, 0.2) is 36.7 Å². The number of likely N-dealkylation sites (tertiary alicyclic amines) is 1. The molecule has 1 unspecified atom stereocenters. The molecule has 3 aromatic rings. The molecule has 2 aliphatic rings. The lowest BCUT2D eigenvalue weighted by atomic mass is 9.93. The summed E-state index contributed by atoms with van der Waals surface area (Å²) in [6.45, 7) is 12.9. The Morgan fingerprint density at radius 2 is 1.91 bits per heavy atom. The first-order chi connectivity index (χ1) is 22.2. The van der Waals surface area contributed by atoms with Gasteiger partial charge in [-0.3, -0.25) is 4.79 Å². The number of nitrogens with one attached hydrogen (secondary N) is 1. The molecule has 2 amide bonds. The van der Waals surface area contributed by atoms with E-state index < -0.39 is 42.4 Å². The summed E-state index contributed by atoms with van der Waals surface area (Å²) in [7, 11) is 0. The van der Waals surface area contributed by atoms with Crippen LogP contribution in [-0.4, -0.2) is 94.2 Å². The van der Waals surface area contributed by atoms with E-state index in [0.717, 1.165) is 66.8 Å². The number of imidazole rings is 1. The Labute approximate surface area is 274 Å². The summed E-state index contributed by atoms with van der Waals surface area (Å²) >= 11 is 0. The summed E-state index contributed by atoms with van der Waals surface area (Å²) in [5.41, 5.74) is 2.46. The molecule has 0 saturated carbocycles. The van der Waals surface area contributed by atoms with Crippen LogP contribution in [0.5, 0.6) is 0 Å². The van der Waals surface area contributed by atoms with E-state index in [2.05, 4.69) is 21.4 Å². The van der Waals surface area contributed by atoms with E-state index in [1.807, 2.05) is 38.2 Å². The predicted octanol–water partition coefficient (Wildman–Crippen LogP) is 6.43. The van der Waals surface area contributed by atoms with Gasteiger partial charge in [0.25, 0.3) is 12.3 Å². The Morgan fingerprint density at radius 1 is 1.15 bits per heavy atom. The molecule has 0 aliphatic carbocycles. The zero-order valence-corrected chi connectivity index (χ0v) is 28.1. The summed E-state index contributed by atoms with van der Waals surface area (Å²) in [6.07, 6.45) is 3.25. The summed E-state index contributed by atoms with van der Waals surface area (Å²) in [5.74, 6) is -0.300. The molecular formula is C35H46F3N5O4. The molecule has 1 aromatic carbocycles. The molecule has 5 rings (SSSR count). The summed E-state index contributed by atoms with van der Waals surface area (Å²) in [5, 5.41) is 2.90. The number of rotatable bonds is 9. The van der Waals surface area contributed by atoms with Crippen LogP contribution in [0.25, 0.3) is 16.6 Å². The molecule has 47 heavy (non-hydrogen) atoms. The highest BCUT2D eigenvalue weighted by atomic mass is 19.3. The van der Waals surface area contributed by atoms with Gasteiger partial charge in [-0.25, -0.2) is 22.9 Å². The van der Waals surface area contributed by atoms with E-state index in [1.165, 1.54) is 6.07 Å². The number of carbonyl (C=O) groups excluding carboxylic acids is 2. The highest BCUT2D eigenvalue weighted by molar-refractivity contribution is 6.03. The van der Waals surface area contributed by atoms with E-state index in [1.54, 1.807) is 26.1 Å². The summed E-state index contributed by atoms with van der Waals surface area (Å²) in [4.78, 5) is 33.8. The lowest BCUT2D eigenvalue weighted by Crippen LogP contribution is -2.46. The maximum absolute atomic E-state index is 14.6. The van der Waals surface area contributed by atoms with Crippen molar-refractivity contribution in [2.24, 2.45) is 0 Å². The van der Waals surface area contributed by atoms with Crippen LogP contribution < -0.4 is 5.32 Å². The molecular weight excluding hydrogens is 611 g/mol. The average molecular weight is 658 g/mol. The highest BCUT2D eigenvalue weighted by Gasteiger charge is 2.31. The number of benzene rings is 1. The standard InChI is InChI=1S/C35H46F3N5O4/c1-21(2)42(19-32(37)38)33(44)30-14-25(36)7-10-28(30)29-13-24(17-43-22(3)39-15-31(29)43)23-11-12-41(16-23)18-27-9-8-26(20-46-27)40-34(45)47-35(4,5)6/h7,10,13-15,17,21,23,26-27,32H,8-9,11-12,16,18-20H2,1-6H3,(H,40,45)/t23?,26-,27+/m1/s1. The van der Waals surface area contributed by atoms with Gasteiger partial charge in [-0.15, -0.1) is 0 Å². The molecule has 2 saturated heterocycles. The van der Waals surface area contributed by atoms with Crippen LogP contribution in [0.4, 0.5) is 18.0 Å². The fraction of sp³-hybridized carbons (Fsp3) is 0.571. The first kappa shape index (κ1) is 34.7. The van der Waals surface area contributed by atoms with Gasteiger partial charge in [0.15, 0.2) is 0 Å². The predicted molar refractivity (Wildman–Crippen MR) is 173 cm³/mol. The van der Waals surface area contributed by atoms with Crippen LogP contribution in [0.2, 0.25) is 0 Å². The third kappa shape index (κ3) is 8.45. The molecule has 2 aromatic heterocycles. The van der Waals surface area contributed by atoms with Gasteiger partial charge in [-0.1, -0.05) is 6.07 Å². The van der Waals surface area contributed by atoms with Crippen LogP contribution in [0, 0.1) is 12.7 Å². The van der Waals surface area contributed by atoms with Crippen molar-refractivity contribution >= 4 is 17.5 Å². The van der Waals surface area contributed by atoms with E-state index in [-0.39, 0.29) is 23.6 Å². The van der Waals surface area contributed by atoms with Crippen LogP contribution >= 0.6 is 0 Å². The number of pyridine rings is 1. The normalized spacial score (nSPS) is 20.7. The molecule has 0 spiro atoms. The zero-order chi connectivity index (χ0) is 34.0. The Hall–Kier alpha value is -3.64. The first-order valence-corrected chi connectivity index (χ1v) is 16.4. The van der Waals surface area contributed by atoms with E-state index in [4.69, 9.17) is 9.47 Å². The number of alkyl carbamates (subject to hydrolysis) is 1. The van der Waals surface area contributed by atoms with Crippen molar-refractivity contribution < 1.29 is 32.2 Å². The van der Waals surface area contributed by atoms with Crippen molar-refractivity contribution in [2.75, 3.05) is 32.8 Å². The molecule has 3 atom stereocenters. The van der Waals surface area contributed by atoms with Gasteiger partial charge in [0.1, 0.15) is 17.2 Å². The quantitative estimate of drug-likeness (QED) is 0.286. The fourth-order valence-electron chi connectivity index (χ4n) is 6.54. The van der Waals surface area contributed by atoms with Crippen molar-refractivity contribution in [3.63, 3.8) is 0 Å². The van der Waals surface area contributed by atoms with Gasteiger partial charge in [0, 0.05) is 30.9 Å². The number of aromatic nitrogens is 2. The number of aryl methyl sites for hydroxylation is 1. The van der Waals surface area contributed by atoms with E-state index >= 15 is 0 Å². The second kappa shape index (κ2) is 14.2. The van der Waals surface area contributed by atoms with Crippen molar-refractivity contribution in [3.8, 4) is 11.1 Å². The number of ether oxygens (including phenoxy) is 2. The Morgan fingerprint density at radius 3 is 2.57 bits per heavy atom. The van der Waals surface area contributed by atoms with Crippen molar-refractivity contribution in [3.05, 3.63) is 59.4 Å². The largest absolute Gasteiger partial charge is 0.444 e. The SMILES string of the molecule is Cc1ncc2c(-c3ccc(F)cc3C(=O)N(CC(F)F)C(C)C)cc(C3CCN(C[C@@H]4CC[C@@H](NC(=O)OC(C)(C)C)CO4)C3)cn12. The molecule has 2 fully saturated rings. The molecule has 256 valence electrons. The average Bonchev–Trinajstić information content (AvgIpc) is 3.61. The summed E-state index contributed by atoms with van der Waals surface area (Å²) in [6, 6.07) is 5.44. The number of fused-ring (bicyclic) bond motifs is 1. The van der Waals surface area contributed by atoms with Gasteiger partial charge < -0.3 is 29.0 Å². The summed E-state index contributed by atoms with van der Waals surface area (Å²) < 4.78 is 55.0. The van der Waals surface area contributed by atoms with Gasteiger partial charge >= 0.3 is 6.09 Å². The second-order valence-corrected chi connectivity index (χ2v) is 14.0. The Bertz CT molecular complexity index is 1580. The third-order valence-corrected chi connectivity index (χ3v) is 8.86. The number of nitrogens with zero attached hydrogens (tertiary/aromatic N) is 4. The van der Waals surface area contributed by atoms with E-state index in [0.29, 0.717) is 17.7 Å². The lowest BCUT2D eigenvalue weighted by Gasteiger charge is -2.32. The van der Waals surface area contributed by atoms with Gasteiger partial charge in [0.05, 0.1) is 42.6 Å². The molecule has 12 heteroatoms. The number of alkyl halides is 2. The number of amides is 2. The lowest BCUT2D eigenvalue weighted by molar-refractivity contribution is -0.0213. The monoisotopic (exact) mass is 657 g/mol. The molecule has 1 N–H and O–H groups in total. The van der Waals surface area contributed by atoms with Crippen LogP contribution in [0.3, 0.4) is 0 Å². The van der Waals surface area contributed by atoms with Gasteiger partial charge in [0.2, 0.25) is 0 Å². The Balaban J connectivity index is 1.33. The minimum Gasteiger partial charge on any atom is -0.444 e. The third-order valence-electron chi connectivity index (χ3n) is 8.86. The van der Waals surface area contributed by atoms with Crippen LogP contribution in [-0.2, 0) is 9.47 Å². The maximum atomic E-state index is 14.6. The minimum absolute atomic E-state index is 0.0409. The van der Waals surface area contributed by atoms with Crippen molar-refractivity contribution in [1.82, 2.24) is 24.5 Å². The molecule has 0 radical (unpaired) electrons. The fourth-order valence-corrected chi connectivity index (χ4v) is 6.54. The number of hydrogen-bond donors (Lipinski definition) is 1. The number of hydrogen-bond acceptors (Lipinski definition) is 6. The molecule has 4 heterocycles. The van der Waals surface area contributed by atoms with Gasteiger partial charge in [-0.2, -0.15) is 0 Å². The van der Waals surface area contributed by atoms with Crippen LogP contribution in [0.1, 0.15) is 81.5 Å². The number of carbonyl (C=O) groups is 2. The van der Waals surface area contributed by atoms with Crippen molar-refractivity contribution in [1.29, 1.82) is 0 Å².